The Kier molecular flexibility index (Phi) is 5.95. The van der Waals surface area contributed by atoms with Gasteiger partial charge >= 0.3 is 0 Å². The van der Waals surface area contributed by atoms with Gasteiger partial charge in [-0.05, 0) is 36.8 Å². The summed E-state index contributed by atoms with van der Waals surface area (Å²) in [7, 11) is 0. The standard InChI is InChI=1S/C22H29FN2O2S/c1-28-14-20(26)24-11-17-12-25(22(27)15-6-3-2-4-7-15)21(19(17)13-24)16-8-5-9-18(23)10-16/h5,8-10,15,17,19,21H,2-4,6-7,11-14H2,1H3/t17-,19-,21-/m0/s1. The van der Waals surface area contributed by atoms with Crippen molar-refractivity contribution < 1.29 is 14.0 Å². The van der Waals surface area contributed by atoms with Crippen molar-refractivity contribution >= 4 is 23.6 Å². The maximum atomic E-state index is 14.0. The third kappa shape index (κ3) is 3.80. The molecule has 1 saturated carbocycles. The van der Waals surface area contributed by atoms with Crippen molar-refractivity contribution in [3.8, 4) is 0 Å². The SMILES string of the molecule is CSCC(=O)N1C[C@H]2CN(C(=O)C3CCCCC3)[C@@H](c3cccc(F)c3)[C@H]2C1. The second-order valence-corrected chi connectivity index (χ2v) is 9.35. The monoisotopic (exact) mass is 404 g/mol. The van der Waals surface area contributed by atoms with Crippen LogP contribution in [0.15, 0.2) is 24.3 Å². The van der Waals surface area contributed by atoms with Crippen LogP contribution in [0.2, 0.25) is 0 Å². The van der Waals surface area contributed by atoms with Gasteiger partial charge in [0, 0.05) is 37.4 Å². The maximum Gasteiger partial charge on any atom is 0.232 e. The fraction of sp³-hybridized carbons (Fsp3) is 0.636. The van der Waals surface area contributed by atoms with Crippen LogP contribution in [0.25, 0.3) is 0 Å². The highest BCUT2D eigenvalue weighted by Crippen LogP contribution is 2.46. The third-order valence-corrected chi connectivity index (χ3v) is 7.25. The zero-order chi connectivity index (χ0) is 19.7. The first-order valence-electron chi connectivity index (χ1n) is 10.4. The van der Waals surface area contributed by atoms with Gasteiger partial charge in [-0.1, -0.05) is 31.4 Å². The lowest BCUT2D eigenvalue weighted by Gasteiger charge is -2.33. The van der Waals surface area contributed by atoms with E-state index in [1.54, 1.807) is 23.9 Å². The molecule has 0 spiro atoms. The van der Waals surface area contributed by atoms with E-state index in [4.69, 9.17) is 0 Å². The molecular weight excluding hydrogens is 375 g/mol. The van der Waals surface area contributed by atoms with E-state index in [9.17, 15) is 14.0 Å². The van der Waals surface area contributed by atoms with Crippen LogP contribution in [0, 0.1) is 23.6 Å². The van der Waals surface area contributed by atoms with E-state index < -0.39 is 0 Å². The average molecular weight is 405 g/mol. The summed E-state index contributed by atoms with van der Waals surface area (Å²) in [5.74, 6) is 1.23. The summed E-state index contributed by atoms with van der Waals surface area (Å²) in [6.45, 7) is 2.06. The Bertz CT molecular complexity index is 737. The van der Waals surface area contributed by atoms with E-state index >= 15 is 0 Å². The highest BCUT2D eigenvalue weighted by Gasteiger charge is 2.50. The molecule has 2 heterocycles. The first kappa shape index (κ1) is 19.7. The normalized spacial score (nSPS) is 27.9. The summed E-state index contributed by atoms with van der Waals surface area (Å²) in [4.78, 5) is 29.7. The van der Waals surface area contributed by atoms with E-state index in [1.807, 2.05) is 22.1 Å². The molecule has 2 saturated heterocycles. The highest BCUT2D eigenvalue weighted by atomic mass is 32.2. The Balaban J connectivity index is 1.59. The first-order valence-corrected chi connectivity index (χ1v) is 11.8. The predicted octanol–water partition coefficient (Wildman–Crippen LogP) is 3.73. The van der Waals surface area contributed by atoms with Gasteiger partial charge in [-0.2, -0.15) is 11.8 Å². The topological polar surface area (TPSA) is 40.6 Å². The lowest BCUT2D eigenvalue weighted by Crippen LogP contribution is -2.41. The maximum absolute atomic E-state index is 14.0. The van der Waals surface area contributed by atoms with E-state index in [2.05, 4.69) is 0 Å². The molecule has 1 aromatic carbocycles. The summed E-state index contributed by atoms with van der Waals surface area (Å²) in [6.07, 6.45) is 7.35. The number of carbonyl (C=O) groups excluding carboxylic acids is 2. The molecule has 28 heavy (non-hydrogen) atoms. The molecule has 0 radical (unpaired) electrons. The number of carbonyl (C=O) groups is 2. The second kappa shape index (κ2) is 8.44. The average Bonchev–Trinajstić information content (AvgIpc) is 3.26. The van der Waals surface area contributed by atoms with Crippen LogP contribution in [0.5, 0.6) is 0 Å². The molecule has 4 rings (SSSR count). The Labute approximate surface area is 170 Å². The quantitative estimate of drug-likeness (QED) is 0.768. The van der Waals surface area contributed by atoms with Crippen molar-refractivity contribution in [2.24, 2.45) is 17.8 Å². The van der Waals surface area contributed by atoms with Gasteiger partial charge in [-0.25, -0.2) is 4.39 Å². The number of nitrogens with zero attached hydrogens (tertiary/aromatic N) is 2. The van der Waals surface area contributed by atoms with E-state index in [-0.39, 0.29) is 41.4 Å². The molecule has 3 fully saturated rings. The minimum absolute atomic E-state index is 0.109. The van der Waals surface area contributed by atoms with Gasteiger partial charge in [0.2, 0.25) is 11.8 Å². The van der Waals surface area contributed by atoms with Gasteiger partial charge in [0.25, 0.3) is 0 Å². The minimum Gasteiger partial charge on any atom is -0.341 e. The Morgan fingerprint density at radius 1 is 1.14 bits per heavy atom. The molecule has 1 aromatic rings. The number of likely N-dealkylation sites (tertiary alicyclic amines) is 2. The Morgan fingerprint density at radius 2 is 1.93 bits per heavy atom. The van der Waals surface area contributed by atoms with Crippen LogP contribution in [0.4, 0.5) is 4.39 Å². The number of fused-ring (bicyclic) bond motifs is 1. The Hall–Kier alpha value is -1.56. The molecule has 2 aliphatic heterocycles. The van der Waals surface area contributed by atoms with Crippen molar-refractivity contribution in [3.63, 3.8) is 0 Å². The van der Waals surface area contributed by atoms with Gasteiger partial charge in [0.15, 0.2) is 0 Å². The molecule has 152 valence electrons. The summed E-state index contributed by atoms with van der Waals surface area (Å²) < 4.78 is 14.0. The summed E-state index contributed by atoms with van der Waals surface area (Å²) in [6, 6.07) is 6.56. The molecule has 3 atom stereocenters. The van der Waals surface area contributed by atoms with Gasteiger partial charge in [0.1, 0.15) is 5.82 Å². The van der Waals surface area contributed by atoms with Crippen molar-refractivity contribution in [2.45, 2.75) is 38.1 Å². The van der Waals surface area contributed by atoms with Gasteiger partial charge < -0.3 is 9.80 Å². The first-order chi connectivity index (χ1) is 13.6. The van der Waals surface area contributed by atoms with Crippen LogP contribution in [0.3, 0.4) is 0 Å². The summed E-state index contributed by atoms with van der Waals surface area (Å²) in [5, 5.41) is 0. The fourth-order valence-corrected chi connectivity index (χ4v) is 5.82. The molecular formula is C22H29FN2O2S. The van der Waals surface area contributed by atoms with E-state index in [0.29, 0.717) is 25.4 Å². The van der Waals surface area contributed by atoms with Crippen LogP contribution >= 0.6 is 11.8 Å². The lowest BCUT2D eigenvalue weighted by atomic mass is 9.87. The van der Waals surface area contributed by atoms with Crippen molar-refractivity contribution in [2.75, 3.05) is 31.6 Å². The molecule has 0 aromatic heterocycles. The smallest absolute Gasteiger partial charge is 0.232 e. The predicted molar refractivity (Wildman–Crippen MR) is 109 cm³/mol. The van der Waals surface area contributed by atoms with Crippen molar-refractivity contribution in [1.82, 2.24) is 9.80 Å². The largest absolute Gasteiger partial charge is 0.341 e. The minimum atomic E-state index is -0.265. The number of amides is 2. The number of hydrogen-bond acceptors (Lipinski definition) is 3. The number of thioether (sulfide) groups is 1. The van der Waals surface area contributed by atoms with E-state index in [1.165, 1.54) is 12.5 Å². The highest BCUT2D eigenvalue weighted by molar-refractivity contribution is 7.99. The molecule has 1 aliphatic carbocycles. The molecule has 4 nitrogen and oxygen atoms in total. The number of halogens is 1. The molecule has 2 amide bonds. The van der Waals surface area contributed by atoms with Gasteiger partial charge in [-0.3, -0.25) is 9.59 Å². The van der Waals surface area contributed by atoms with Crippen molar-refractivity contribution in [1.29, 1.82) is 0 Å². The third-order valence-electron chi connectivity index (χ3n) is 6.71. The molecule has 6 heteroatoms. The van der Waals surface area contributed by atoms with E-state index in [0.717, 1.165) is 31.2 Å². The Morgan fingerprint density at radius 3 is 2.64 bits per heavy atom. The van der Waals surface area contributed by atoms with Gasteiger partial charge in [-0.15, -0.1) is 0 Å². The lowest BCUT2D eigenvalue weighted by molar-refractivity contribution is -0.138. The zero-order valence-electron chi connectivity index (χ0n) is 16.5. The molecule has 0 unspecified atom stereocenters. The van der Waals surface area contributed by atoms with Crippen molar-refractivity contribution in [3.05, 3.63) is 35.6 Å². The molecule has 3 aliphatic rings. The number of rotatable bonds is 4. The molecule has 0 N–H and O–H groups in total. The molecule has 0 bridgehead atoms. The van der Waals surface area contributed by atoms with Crippen LogP contribution < -0.4 is 0 Å². The van der Waals surface area contributed by atoms with Gasteiger partial charge in [0.05, 0.1) is 11.8 Å². The summed E-state index contributed by atoms with van der Waals surface area (Å²) >= 11 is 1.54. The van der Waals surface area contributed by atoms with Crippen LogP contribution in [0.1, 0.15) is 43.7 Å². The second-order valence-electron chi connectivity index (χ2n) is 8.48. The number of benzene rings is 1. The van der Waals surface area contributed by atoms with Crippen LogP contribution in [-0.2, 0) is 9.59 Å². The fourth-order valence-electron chi connectivity index (χ4n) is 5.39. The summed E-state index contributed by atoms with van der Waals surface area (Å²) in [5.41, 5.74) is 0.871. The van der Waals surface area contributed by atoms with Crippen LogP contribution in [-0.4, -0.2) is 53.3 Å². The zero-order valence-corrected chi connectivity index (χ0v) is 17.3. The number of hydrogen-bond donors (Lipinski definition) is 0.